The topological polar surface area (TPSA) is 81.4 Å². The highest BCUT2D eigenvalue weighted by Gasteiger charge is 2.52. The van der Waals surface area contributed by atoms with E-state index in [0.717, 1.165) is 75.1 Å². The number of imidazole rings is 1. The molecule has 7 heteroatoms. The summed E-state index contributed by atoms with van der Waals surface area (Å²) in [5.74, 6) is 0.0572. The summed E-state index contributed by atoms with van der Waals surface area (Å²) in [5, 5.41) is 0. The number of ether oxygens (including phenoxy) is 1. The average molecular weight is 370 g/mol. The monoisotopic (exact) mass is 370 g/mol. The minimum Gasteiger partial charge on any atom is -0.462 e. The van der Waals surface area contributed by atoms with E-state index >= 15 is 0 Å². The van der Waals surface area contributed by atoms with E-state index in [-0.39, 0.29) is 23.2 Å². The Hall–Kier alpha value is -2.28. The molecule has 2 saturated heterocycles. The number of piperazine rings is 1. The van der Waals surface area contributed by atoms with E-state index in [4.69, 9.17) is 4.74 Å². The van der Waals surface area contributed by atoms with Gasteiger partial charge in [0.05, 0.1) is 16.4 Å². The maximum atomic E-state index is 12.1. The van der Waals surface area contributed by atoms with Crippen LogP contribution in [0.25, 0.3) is 11.0 Å². The number of aromatic amines is 2. The number of hydrogen-bond acceptors (Lipinski definition) is 5. The minimum absolute atomic E-state index is 0.0572. The molecule has 7 nitrogen and oxygen atoms in total. The Morgan fingerprint density at radius 3 is 2.56 bits per heavy atom. The van der Waals surface area contributed by atoms with Crippen molar-refractivity contribution in [3.05, 3.63) is 28.7 Å². The van der Waals surface area contributed by atoms with Gasteiger partial charge in [-0.05, 0) is 37.5 Å². The molecule has 2 N–H and O–H groups in total. The number of hydrogen-bond donors (Lipinski definition) is 2. The van der Waals surface area contributed by atoms with Gasteiger partial charge in [0.25, 0.3) is 0 Å². The second-order valence-electron chi connectivity index (χ2n) is 8.29. The van der Waals surface area contributed by atoms with E-state index in [9.17, 15) is 9.59 Å². The molecule has 3 aliphatic rings. The maximum Gasteiger partial charge on any atom is 0.323 e. The van der Waals surface area contributed by atoms with Gasteiger partial charge >= 0.3 is 11.7 Å². The van der Waals surface area contributed by atoms with Crippen LogP contribution in [0.1, 0.15) is 32.1 Å². The highest BCUT2D eigenvalue weighted by atomic mass is 16.6. The number of carbonyl (C=O) groups is 1. The Labute approximate surface area is 157 Å². The lowest BCUT2D eigenvalue weighted by Crippen LogP contribution is -2.47. The lowest BCUT2D eigenvalue weighted by Gasteiger charge is -2.36. The Bertz CT molecular complexity index is 905. The molecule has 0 unspecified atom stereocenters. The van der Waals surface area contributed by atoms with Gasteiger partial charge in [-0.2, -0.15) is 0 Å². The molecule has 27 heavy (non-hydrogen) atoms. The molecular formula is C20H26N4O3. The van der Waals surface area contributed by atoms with Crippen molar-refractivity contribution in [2.75, 3.05) is 37.6 Å². The summed E-state index contributed by atoms with van der Waals surface area (Å²) >= 11 is 0. The van der Waals surface area contributed by atoms with Crippen LogP contribution in [0.15, 0.2) is 23.0 Å². The van der Waals surface area contributed by atoms with Gasteiger partial charge in [-0.3, -0.25) is 9.69 Å². The summed E-state index contributed by atoms with van der Waals surface area (Å²) in [4.78, 5) is 33.9. The zero-order chi connectivity index (χ0) is 18.4. The molecule has 1 aliphatic carbocycles. The normalized spacial score (nSPS) is 25.1. The predicted molar refractivity (Wildman–Crippen MR) is 103 cm³/mol. The van der Waals surface area contributed by atoms with Crippen LogP contribution in [0.3, 0.4) is 0 Å². The molecule has 1 spiro atoms. The smallest absolute Gasteiger partial charge is 0.323 e. The van der Waals surface area contributed by atoms with Crippen molar-refractivity contribution in [3.8, 4) is 0 Å². The van der Waals surface area contributed by atoms with Crippen LogP contribution in [-0.2, 0) is 9.53 Å². The maximum absolute atomic E-state index is 12.1. The molecule has 2 aromatic rings. The first-order valence-corrected chi connectivity index (χ1v) is 10.0. The van der Waals surface area contributed by atoms with E-state index in [1.165, 1.54) is 6.42 Å². The lowest BCUT2D eigenvalue weighted by molar-refractivity contribution is -0.152. The van der Waals surface area contributed by atoms with E-state index < -0.39 is 0 Å². The number of cyclic esters (lactones) is 1. The SMILES string of the molecule is O=C1O[C@@H](CCN2CCN(c3ccc4[nH]c(=O)[nH]c4c3)CC2)CC12CCC2. The van der Waals surface area contributed by atoms with Crippen molar-refractivity contribution >= 4 is 22.7 Å². The molecule has 1 aromatic heterocycles. The number of nitrogens with one attached hydrogen (secondary N) is 2. The van der Waals surface area contributed by atoms with Crippen LogP contribution in [0, 0.1) is 5.41 Å². The molecule has 0 bridgehead atoms. The Morgan fingerprint density at radius 2 is 1.85 bits per heavy atom. The molecule has 0 radical (unpaired) electrons. The van der Waals surface area contributed by atoms with Crippen molar-refractivity contribution in [2.45, 2.75) is 38.2 Å². The third kappa shape index (κ3) is 3.04. The quantitative estimate of drug-likeness (QED) is 0.803. The molecule has 5 rings (SSSR count). The van der Waals surface area contributed by atoms with Crippen molar-refractivity contribution in [3.63, 3.8) is 0 Å². The number of aromatic nitrogens is 2. The van der Waals surface area contributed by atoms with Gasteiger partial charge < -0.3 is 19.6 Å². The third-order valence-corrected chi connectivity index (χ3v) is 6.64. The first-order chi connectivity index (χ1) is 13.1. The van der Waals surface area contributed by atoms with Gasteiger partial charge in [-0.25, -0.2) is 4.79 Å². The average Bonchev–Trinajstić information content (AvgIpc) is 3.18. The summed E-state index contributed by atoms with van der Waals surface area (Å²) < 4.78 is 5.64. The van der Waals surface area contributed by atoms with Gasteiger partial charge in [0, 0.05) is 44.8 Å². The van der Waals surface area contributed by atoms with Crippen molar-refractivity contribution in [1.82, 2.24) is 14.9 Å². The second kappa shape index (κ2) is 6.41. The third-order valence-electron chi connectivity index (χ3n) is 6.64. The van der Waals surface area contributed by atoms with E-state index in [1.807, 2.05) is 12.1 Å². The largest absolute Gasteiger partial charge is 0.462 e. The fraction of sp³-hybridized carbons (Fsp3) is 0.600. The Morgan fingerprint density at radius 1 is 1.07 bits per heavy atom. The number of fused-ring (bicyclic) bond motifs is 1. The molecule has 1 saturated carbocycles. The zero-order valence-corrected chi connectivity index (χ0v) is 15.5. The van der Waals surface area contributed by atoms with Crippen LogP contribution < -0.4 is 10.6 Å². The fourth-order valence-corrected chi connectivity index (χ4v) is 4.78. The van der Waals surface area contributed by atoms with Crippen molar-refractivity contribution < 1.29 is 9.53 Å². The van der Waals surface area contributed by atoms with Gasteiger partial charge in [-0.15, -0.1) is 0 Å². The highest BCUT2D eigenvalue weighted by molar-refractivity contribution is 5.80. The standard InChI is InChI=1S/C20H26N4O3/c25-18-20(5-1-6-20)13-15(27-18)4-7-23-8-10-24(11-9-23)14-2-3-16-17(12-14)22-19(26)21-16/h2-3,12,15H,1,4-11,13H2,(H2,21,22,26)/t15-/m0/s1. The lowest BCUT2D eigenvalue weighted by atomic mass is 9.67. The van der Waals surface area contributed by atoms with Crippen LogP contribution in [0.4, 0.5) is 5.69 Å². The van der Waals surface area contributed by atoms with Crippen LogP contribution in [-0.4, -0.2) is 59.7 Å². The molecule has 1 atom stereocenters. The first kappa shape index (κ1) is 16.9. The second-order valence-corrected chi connectivity index (χ2v) is 8.29. The molecule has 3 fully saturated rings. The van der Waals surface area contributed by atoms with Crippen molar-refractivity contribution in [1.29, 1.82) is 0 Å². The molecular weight excluding hydrogens is 344 g/mol. The van der Waals surface area contributed by atoms with Crippen molar-refractivity contribution in [2.24, 2.45) is 5.41 Å². The van der Waals surface area contributed by atoms with E-state index in [0.29, 0.717) is 0 Å². The highest BCUT2D eigenvalue weighted by Crippen LogP contribution is 2.50. The first-order valence-electron chi connectivity index (χ1n) is 10.0. The molecule has 1 aromatic carbocycles. The number of nitrogens with zero attached hydrogens (tertiary/aromatic N) is 2. The number of rotatable bonds is 4. The fourth-order valence-electron chi connectivity index (χ4n) is 4.78. The minimum atomic E-state index is -0.164. The summed E-state index contributed by atoms with van der Waals surface area (Å²) in [6.45, 7) is 4.94. The van der Waals surface area contributed by atoms with Crippen LogP contribution in [0.5, 0.6) is 0 Å². The number of anilines is 1. The number of carbonyl (C=O) groups excluding carboxylic acids is 1. The molecule has 3 heterocycles. The van der Waals surface area contributed by atoms with Gasteiger partial charge in [0.1, 0.15) is 6.10 Å². The Balaban J connectivity index is 1.13. The predicted octanol–water partition coefficient (Wildman–Crippen LogP) is 1.85. The summed E-state index contributed by atoms with van der Waals surface area (Å²) in [6.07, 6.45) is 5.22. The van der Waals surface area contributed by atoms with E-state index in [1.54, 1.807) is 0 Å². The number of benzene rings is 1. The van der Waals surface area contributed by atoms with Gasteiger partial charge in [0.2, 0.25) is 0 Å². The molecule has 2 aliphatic heterocycles. The van der Waals surface area contributed by atoms with Crippen LogP contribution in [0.2, 0.25) is 0 Å². The van der Waals surface area contributed by atoms with Crippen LogP contribution >= 0.6 is 0 Å². The summed E-state index contributed by atoms with van der Waals surface area (Å²) in [7, 11) is 0. The summed E-state index contributed by atoms with van der Waals surface area (Å²) in [6, 6.07) is 6.07. The Kier molecular flexibility index (Phi) is 4.00. The van der Waals surface area contributed by atoms with E-state index in [2.05, 4.69) is 25.8 Å². The zero-order valence-electron chi connectivity index (χ0n) is 15.5. The molecule has 144 valence electrons. The van der Waals surface area contributed by atoms with Gasteiger partial charge in [-0.1, -0.05) is 6.42 Å². The number of esters is 1. The summed E-state index contributed by atoms with van der Waals surface area (Å²) in [5.41, 5.74) is 2.57. The number of H-pyrrole nitrogens is 2. The molecule has 0 amide bonds. The van der Waals surface area contributed by atoms with Gasteiger partial charge in [0.15, 0.2) is 0 Å².